The van der Waals surface area contributed by atoms with E-state index < -0.39 is 0 Å². The van der Waals surface area contributed by atoms with Crippen molar-refractivity contribution in [2.75, 3.05) is 40.0 Å². The van der Waals surface area contributed by atoms with E-state index in [4.69, 9.17) is 15.3 Å². The summed E-state index contributed by atoms with van der Waals surface area (Å²) in [5.74, 6) is 5.93. The smallest absolute Gasteiger partial charge is 0.205 e. The van der Waals surface area contributed by atoms with Crippen molar-refractivity contribution < 1.29 is 9.47 Å². The number of nitrogens with two attached hydrogens (primary N) is 1. The molecule has 0 atom stereocenters. The van der Waals surface area contributed by atoms with Crippen LogP contribution in [0.3, 0.4) is 0 Å². The minimum absolute atomic E-state index is 0.597. The van der Waals surface area contributed by atoms with Crippen molar-refractivity contribution in [3.8, 4) is 0 Å². The third-order valence-corrected chi connectivity index (χ3v) is 2.09. The molecule has 0 amide bonds. The molecule has 0 saturated carbocycles. The van der Waals surface area contributed by atoms with Gasteiger partial charge in [0.15, 0.2) is 0 Å². The van der Waals surface area contributed by atoms with Gasteiger partial charge in [0, 0.05) is 33.4 Å². The van der Waals surface area contributed by atoms with Gasteiger partial charge in [0.05, 0.1) is 6.61 Å². The van der Waals surface area contributed by atoms with Crippen LogP contribution in [0.1, 0.15) is 26.2 Å². The maximum Gasteiger partial charge on any atom is 0.205 e. The molecule has 0 unspecified atom stereocenters. The van der Waals surface area contributed by atoms with Crippen LogP contribution in [0, 0.1) is 0 Å². The monoisotopic (exact) mass is 246 g/mol. The molecule has 0 spiro atoms. The topological polar surface area (TPSA) is 80.9 Å². The van der Waals surface area contributed by atoms with Gasteiger partial charge in [-0.3, -0.25) is 10.4 Å². The lowest BCUT2D eigenvalue weighted by atomic mass is 10.4. The molecule has 6 heteroatoms. The van der Waals surface area contributed by atoms with Crippen LogP contribution in [-0.4, -0.2) is 46.0 Å². The van der Waals surface area contributed by atoms with E-state index in [0.29, 0.717) is 32.3 Å². The summed E-state index contributed by atoms with van der Waals surface area (Å²) < 4.78 is 10.3. The Kier molecular flexibility index (Phi) is 12.6. The van der Waals surface area contributed by atoms with Gasteiger partial charge in [-0.05, 0) is 12.8 Å². The normalized spacial score (nSPS) is 11.6. The SMILES string of the molecule is CCCCOCCNC(=NCCCOC)NN. The van der Waals surface area contributed by atoms with Crippen LogP contribution in [0.4, 0.5) is 0 Å². The molecule has 17 heavy (non-hydrogen) atoms. The van der Waals surface area contributed by atoms with Crippen LogP contribution in [0.25, 0.3) is 0 Å². The molecular formula is C11H26N4O2. The summed E-state index contributed by atoms with van der Waals surface area (Å²) in [6.45, 7) is 5.73. The zero-order valence-corrected chi connectivity index (χ0v) is 11.0. The summed E-state index contributed by atoms with van der Waals surface area (Å²) in [6, 6.07) is 0. The molecule has 6 nitrogen and oxygen atoms in total. The molecule has 0 aromatic carbocycles. The van der Waals surface area contributed by atoms with Gasteiger partial charge in [0.2, 0.25) is 5.96 Å². The van der Waals surface area contributed by atoms with Crippen molar-refractivity contribution >= 4 is 5.96 Å². The standard InChI is InChI=1S/C11H26N4O2/c1-3-4-9-17-10-7-14-11(15-12)13-6-5-8-16-2/h3-10,12H2,1-2H3,(H2,13,14,15). The predicted octanol–water partition coefficient (Wildman–Crippen LogP) is 0.249. The Bertz CT molecular complexity index is 188. The third kappa shape index (κ3) is 11.4. The molecular weight excluding hydrogens is 220 g/mol. The van der Waals surface area contributed by atoms with Crippen molar-refractivity contribution in [2.24, 2.45) is 10.8 Å². The van der Waals surface area contributed by atoms with Crippen molar-refractivity contribution in [1.29, 1.82) is 0 Å². The maximum atomic E-state index is 5.41. The van der Waals surface area contributed by atoms with E-state index in [1.165, 1.54) is 0 Å². The number of nitrogens with zero attached hydrogens (tertiary/aromatic N) is 1. The zero-order valence-electron chi connectivity index (χ0n) is 11.0. The van der Waals surface area contributed by atoms with E-state index in [9.17, 15) is 0 Å². The van der Waals surface area contributed by atoms with Crippen molar-refractivity contribution in [1.82, 2.24) is 10.7 Å². The quantitative estimate of drug-likeness (QED) is 0.169. The molecule has 0 saturated heterocycles. The lowest BCUT2D eigenvalue weighted by Crippen LogP contribution is -2.43. The highest BCUT2D eigenvalue weighted by molar-refractivity contribution is 5.79. The number of hydrogen-bond donors (Lipinski definition) is 3. The number of aliphatic imine (C=N–C) groups is 1. The molecule has 0 heterocycles. The molecule has 0 aromatic rings. The first-order valence-electron chi connectivity index (χ1n) is 6.16. The van der Waals surface area contributed by atoms with Crippen molar-refractivity contribution in [2.45, 2.75) is 26.2 Å². The Morgan fingerprint density at radius 3 is 2.71 bits per heavy atom. The average Bonchev–Trinajstić information content (AvgIpc) is 2.36. The van der Waals surface area contributed by atoms with Crippen LogP contribution in [0.2, 0.25) is 0 Å². The highest BCUT2D eigenvalue weighted by Crippen LogP contribution is 1.86. The molecule has 0 aliphatic carbocycles. The van der Waals surface area contributed by atoms with E-state index >= 15 is 0 Å². The van der Waals surface area contributed by atoms with Crippen molar-refractivity contribution in [3.63, 3.8) is 0 Å². The molecule has 102 valence electrons. The highest BCUT2D eigenvalue weighted by atomic mass is 16.5. The lowest BCUT2D eigenvalue weighted by Gasteiger charge is -2.09. The largest absolute Gasteiger partial charge is 0.385 e. The van der Waals surface area contributed by atoms with Gasteiger partial charge in [-0.1, -0.05) is 13.3 Å². The number of methoxy groups -OCH3 is 1. The lowest BCUT2D eigenvalue weighted by molar-refractivity contribution is 0.136. The second-order valence-corrected chi connectivity index (χ2v) is 3.61. The number of hydrogen-bond acceptors (Lipinski definition) is 4. The molecule has 0 bridgehead atoms. The van der Waals surface area contributed by atoms with Crippen LogP contribution >= 0.6 is 0 Å². The van der Waals surface area contributed by atoms with Gasteiger partial charge < -0.3 is 14.8 Å². The Morgan fingerprint density at radius 1 is 1.24 bits per heavy atom. The summed E-state index contributed by atoms with van der Waals surface area (Å²) in [4.78, 5) is 4.25. The first-order chi connectivity index (χ1) is 8.35. The summed E-state index contributed by atoms with van der Waals surface area (Å²) in [6.07, 6.45) is 3.15. The fourth-order valence-electron chi connectivity index (χ4n) is 1.14. The van der Waals surface area contributed by atoms with E-state index in [0.717, 1.165) is 25.9 Å². The van der Waals surface area contributed by atoms with Crippen LogP contribution in [-0.2, 0) is 9.47 Å². The predicted molar refractivity (Wildman–Crippen MR) is 69.8 cm³/mol. The number of rotatable bonds is 10. The summed E-state index contributed by atoms with van der Waals surface area (Å²) in [5.41, 5.74) is 2.52. The zero-order chi connectivity index (χ0) is 12.8. The molecule has 4 N–H and O–H groups in total. The Labute approximate surface area is 104 Å². The number of ether oxygens (including phenoxy) is 2. The summed E-state index contributed by atoms with van der Waals surface area (Å²) in [5, 5.41) is 3.07. The first kappa shape index (κ1) is 16.1. The molecule has 0 radical (unpaired) electrons. The molecule has 0 rings (SSSR count). The van der Waals surface area contributed by atoms with Gasteiger partial charge in [0.25, 0.3) is 0 Å². The van der Waals surface area contributed by atoms with E-state index in [1.807, 2.05) is 0 Å². The van der Waals surface area contributed by atoms with Crippen LogP contribution in [0.15, 0.2) is 4.99 Å². The van der Waals surface area contributed by atoms with Gasteiger partial charge in [-0.2, -0.15) is 0 Å². The van der Waals surface area contributed by atoms with Crippen LogP contribution < -0.4 is 16.6 Å². The second kappa shape index (κ2) is 13.2. The van der Waals surface area contributed by atoms with E-state index in [1.54, 1.807) is 7.11 Å². The van der Waals surface area contributed by atoms with Gasteiger partial charge in [-0.15, -0.1) is 0 Å². The fourth-order valence-corrected chi connectivity index (χ4v) is 1.14. The molecule has 0 aliphatic heterocycles. The number of hydrazine groups is 1. The maximum absolute atomic E-state index is 5.41. The molecule has 0 fully saturated rings. The van der Waals surface area contributed by atoms with Crippen molar-refractivity contribution in [3.05, 3.63) is 0 Å². The van der Waals surface area contributed by atoms with Gasteiger partial charge in [0.1, 0.15) is 0 Å². The molecule has 0 aromatic heterocycles. The summed E-state index contributed by atoms with van der Waals surface area (Å²) >= 11 is 0. The van der Waals surface area contributed by atoms with Gasteiger partial charge >= 0.3 is 0 Å². The minimum Gasteiger partial charge on any atom is -0.385 e. The fraction of sp³-hybridized carbons (Fsp3) is 0.909. The second-order valence-electron chi connectivity index (χ2n) is 3.61. The first-order valence-corrected chi connectivity index (χ1v) is 6.16. The number of unbranched alkanes of at least 4 members (excludes halogenated alkanes) is 1. The minimum atomic E-state index is 0.597. The summed E-state index contributed by atoms with van der Waals surface area (Å²) in [7, 11) is 1.68. The van der Waals surface area contributed by atoms with E-state index in [-0.39, 0.29) is 0 Å². The highest BCUT2D eigenvalue weighted by Gasteiger charge is 1.94. The number of guanidine groups is 1. The Morgan fingerprint density at radius 2 is 2.06 bits per heavy atom. The average molecular weight is 246 g/mol. The van der Waals surface area contributed by atoms with E-state index in [2.05, 4.69) is 22.7 Å². The van der Waals surface area contributed by atoms with Crippen LogP contribution in [0.5, 0.6) is 0 Å². The third-order valence-electron chi connectivity index (χ3n) is 2.09. The molecule has 0 aliphatic rings. The number of nitrogens with one attached hydrogen (secondary N) is 2. The Balaban J connectivity index is 3.46. The Hall–Kier alpha value is -0.850. The van der Waals surface area contributed by atoms with Gasteiger partial charge in [-0.25, -0.2) is 5.84 Å².